The molecule has 0 saturated heterocycles. The van der Waals surface area contributed by atoms with E-state index in [0.717, 1.165) is 24.2 Å². The van der Waals surface area contributed by atoms with Gasteiger partial charge in [0.25, 0.3) is 0 Å². The molecule has 32 heavy (non-hydrogen) atoms. The Morgan fingerprint density at radius 2 is 1.69 bits per heavy atom. The summed E-state index contributed by atoms with van der Waals surface area (Å²) in [5, 5.41) is 7.30. The Labute approximate surface area is 193 Å². The highest BCUT2D eigenvalue weighted by Crippen LogP contribution is 2.29. The topological polar surface area (TPSA) is 88.1 Å². The number of pyridine rings is 1. The molecular weight excluding hydrogens is 426 g/mol. The molecule has 1 fully saturated rings. The molecule has 1 aliphatic rings. The predicted octanol–water partition coefficient (Wildman–Crippen LogP) is 5.57. The molecule has 0 atom stereocenters. The Morgan fingerprint density at radius 3 is 2.38 bits per heavy atom. The number of ether oxygens (including phenoxy) is 1. The summed E-state index contributed by atoms with van der Waals surface area (Å²) in [4.78, 5) is 20.0. The molecule has 0 radical (unpaired) electrons. The third-order valence-corrected chi connectivity index (χ3v) is 5.87. The van der Waals surface area contributed by atoms with Crippen LogP contribution in [0.1, 0.15) is 38.5 Å². The van der Waals surface area contributed by atoms with Crippen LogP contribution in [0.4, 0.5) is 29.2 Å². The SMILES string of the molecule is COc1ccc(Nc2nc(NC3CCCCCC3)nc(N(C)c3ccncc3)n2)cc1Cl. The van der Waals surface area contributed by atoms with Crippen LogP contribution < -0.4 is 20.3 Å². The van der Waals surface area contributed by atoms with E-state index in [-0.39, 0.29) is 0 Å². The zero-order valence-corrected chi connectivity index (χ0v) is 19.1. The van der Waals surface area contributed by atoms with E-state index in [1.165, 1.54) is 25.7 Å². The number of benzene rings is 1. The van der Waals surface area contributed by atoms with E-state index in [4.69, 9.17) is 21.3 Å². The van der Waals surface area contributed by atoms with Gasteiger partial charge in [-0.1, -0.05) is 37.3 Å². The van der Waals surface area contributed by atoms with Crippen molar-refractivity contribution >= 4 is 40.8 Å². The third kappa shape index (κ3) is 5.56. The largest absolute Gasteiger partial charge is 0.495 e. The summed E-state index contributed by atoms with van der Waals surface area (Å²) in [6, 6.07) is 9.66. The van der Waals surface area contributed by atoms with E-state index < -0.39 is 0 Å². The highest BCUT2D eigenvalue weighted by atomic mass is 35.5. The monoisotopic (exact) mass is 453 g/mol. The van der Waals surface area contributed by atoms with Crippen LogP contribution in [0.2, 0.25) is 5.02 Å². The van der Waals surface area contributed by atoms with Gasteiger partial charge in [0.05, 0.1) is 12.1 Å². The average molecular weight is 454 g/mol. The number of methoxy groups -OCH3 is 1. The first kappa shape index (κ1) is 22.1. The van der Waals surface area contributed by atoms with Crippen LogP contribution in [0.3, 0.4) is 0 Å². The van der Waals surface area contributed by atoms with Gasteiger partial charge in [0.2, 0.25) is 17.8 Å². The molecule has 0 spiro atoms. The van der Waals surface area contributed by atoms with Gasteiger partial charge in [-0.2, -0.15) is 15.0 Å². The number of hydrogen-bond acceptors (Lipinski definition) is 8. The van der Waals surface area contributed by atoms with Gasteiger partial charge < -0.3 is 20.3 Å². The Kier molecular flexibility index (Phi) is 7.21. The molecule has 2 N–H and O–H groups in total. The fourth-order valence-corrected chi connectivity index (χ4v) is 4.06. The fraction of sp³-hybridized carbons (Fsp3) is 0.391. The van der Waals surface area contributed by atoms with Gasteiger partial charge in [-0.3, -0.25) is 4.98 Å². The second-order valence-corrected chi connectivity index (χ2v) is 8.26. The number of anilines is 5. The molecule has 0 bridgehead atoms. The second-order valence-electron chi connectivity index (χ2n) is 7.85. The van der Waals surface area contributed by atoms with Gasteiger partial charge in [0.1, 0.15) is 5.75 Å². The molecule has 2 heterocycles. The van der Waals surface area contributed by atoms with Gasteiger partial charge in [-0.05, 0) is 43.2 Å². The highest BCUT2D eigenvalue weighted by molar-refractivity contribution is 6.32. The van der Waals surface area contributed by atoms with Crippen LogP contribution in [0, 0.1) is 0 Å². The Balaban J connectivity index is 1.64. The third-order valence-electron chi connectivity index (χ3n) is 5.57. The van der Waals surface area contributed by atoms with Crippen molar-refractivity contribution in [2.45, 2.75) is 44.6 Å². The summed E-state index contributed by atoms with van der Waals surface area (Å²) < 4.78 is 5.24. The summed E-state index contributed by atoms with van der Waals surface area (Å²) >= 11 is 6.29. The normalized spacial score (nSPS) is 14.5. The molecule has 3 aromatic rings. The predicted molar refractivity (Wildman–Crippen MR) is 129 cm³/mol. The first-order chi connectivity index (χ1) is 15.6. The van der Waals surface area contributed by atoms with Gasteiger partial charge in [0, 0.05) is 36.9 Å². The standard InChI is InChI=1S/C23H28ClN7O/c1-31(18-11-13-25-14-12-18)23-29-21(26-16-7-5-3-4-6-8-16)28-22(30-23)27-17-9-10-20(32-2)19(24)15-17/h9-16H,3-8H2,1-2H3,(H2,26,27,28,29,30). The van der Waals surface area contributed by atoms with Crippen molar-refractivity contribution in [3.05, 3.63) is 47.7 Å². The average Bonchev–Trinajstić information content (AvgIpc) is 3.08. The van der Waals surface area contributed by atoms with Crippen LogP contribution in [-0.4, -0.2) is 40.1 Å². The van der Waals surface area contributed by atoms with Crippen LogP contribution in [0.5, 0.6) is 5.75 Å². The summed E-state index contributed by atoms with van der Waals surface area (Å²) in [7, 11) is 3.51. The van der Waals surface area contributed by atoms with E-state index in [2.05, 4.69) is 25.6 Å². The summed E-state index contributed by atoms with van der Waals surface area (Å²) in [6.45, 7) is 0. The zero-order valence-electron chi connectivity index (χ0n) is 18.4. The van der Waals surface area contributed by atoms with Crippen LogP contribution >= 0.6 is 11.6 Å². The molecule has 0 unspecified atom stereocenters. The van der Waals surface area contributed by atoms with E-state index in [9.17, 15) is 0 Å². The summed E-state index contributed by atoms with van der Waals surface area (Å²) in [5.74, 6) is 2.14. The molecule has 1 aliphatic carbocycles. The van der Waals surface area contributed by atoms with Crippen molar-refractivity contribution in [1.82, 2.24) is 19.9 Å². The van der Waals surface area contributed by atoms with Crippen molar-refractivity contribution in [3.63, 3.8) is 0 Å². The van der Waals surface area contributed by atoms with Crippen molar-refractivity contribution < 1.29 is 4.74 Å². The number of halogens is 1. The van der Waals surface area contributed by atoms with Gasteiger partial charge in [0.15, 0.2) is 0 Å². The summed E-state index contributed by atoms with van der Waals surface area (Å²) in [6.07, 6.45) is 10.8. The van der Waals surface area contributed by atoms with Gasteiger partial charge in [-0.25, -0.2) is 0 Å². The molecule has 8 nitrogen and oxygen atoms in total. The maximum Gasteiger partial charge on any atom is 0.236 e. The lowest BCUT2D eigenvalue weighted by atomic mass is 10.1. The van der Waals surface area contributed by atoms with Crippen molar-refractivity contribution in [1.29, 1.82) is 0 Å². The minimum absolute atomic E-state index is 0.363. The molecule has 4 rings (SSSR count). The van der Waals surface area contributed by atoms with Crippen molar-refractivity contribution in [2.75, 3.05) is 29.7 Å². The number of rotatable bonds is 7. The Morgan fingerprint density at radius 1 is 0.969 bits per heavy atom. The van der Waals surface area contributed by atoms with Gasteiger partial charge >= 0.3 is 0 Å². The van der Waals surface area contributed by atoms with Crippen molar-refractivity contribution in [2.24, 2.45) is 0 Å². The molecule has 0 aliphatic heterocycles. The van der Waals surface area contributed by atoms with Crippen LogP contribution in [0.25, 0.3) is 0 Å². The molecule has 0 amide bonds. The lowest BCUT2D eigenvalue weighted by Gasteiger charge is -2.21. The number of nitrogens with one attached hydrogen (secondary N) is 2. The Bertz CT molecular complexity index is 1030. The molecule has 9 heteroatoms. The van der Waals surface area contributed by atoms with Gasteiger partial charge in [-0.15, -0.1) is 0 Å². The smallest absolute Gasteiger partial charge is 0.236 e. The van der Waals surface area contributed by atoms with Crippen molar-refractivity contribution in [3.8, 4) is 5.75 Å². The number of aromatic nitrogens is 4. The quantitative estimate of drug-likeness (QED) is 0.448. The molecule has 1 aromatic carbocycles. The molecule has 2 aromatic heterocycles. The summed E-state index contributed by atoms with van der Waals surface area (Å²) in [5.41, 5.74) is 1.70. The minimum atomic E-state index is 0.363. The zero-order chi connectivity index (χ0) is 22.3. The van der Waals surface area contributed by atoms with E-state index >= 15 is 0 Å². The Hall–Kier alpha value is -3.13. The molecule has 1 saturated carbocycles. The van der Waals surface area contributed by atoms with E-state index in [0.29, 0.717) is 34.7 Å². The highest BCUT2D eigenvalue weighted by Gasteiger charge is 2.17. The first-order valence-electron chi connectivity index (χ1n) is 10.9. The lowest BCUT2D eigenvalue weighted by molar-refractivity contribution is 0.415. The number of nitrogens with zero attached hydrogens (tertiary/aromatic N) is 5. The molecule has 168 valence electrons. The maximum atomic E-state index is 6.29. The van der Waals surface area contributed by atoms with Crippen LogP contribution in [0.15, 0.2) is 42.7 Å². The molecular formula is C23H28ClN7O. The number of hydrogen-bond donors (Lipinski definition) is 2. The first-order valence-corrected chi connectivity index (χ1v) is 11.3. The fourth-order valence-electron chi connectivity index (χ4n) is 3.80. The van der Waals surface area contributed by atoms with Crippen LogP contribution in [-0.2, 0) is 0 Å². The minimum Gasteiger partial charge on any atom is -0.495 e. The second kappa shape index (κ2) is 10.5. The van der Waals surface area contributed by atoms with E-state index in [1.807, 2.05) is 30.1 Å². The maximum absolute atomic E-state index is 6.29. The van der Waals surface area contributed by atoms with E-state index in [1.54, 1.807) is 31.6 Å². The lowest BCUT2D eigenvalue weighted by Crippen LogP contribution is -2.22.